The molecule has 4 aromatic carbocycles. The number of alkyl halides is 3. The minimum absolute atomic E-state index is 0.204. The SMILES string of the molecule is O=S(=O)(Oc1ccc2ccccc2c1-c1cccc2c1oc1ccccc12)C(F)(F)F. The van der Waals surface area contributed by atoms with E-state index >= 15 is 0 Å². The molecule has 0 aliphatic carbocycles. The van der Waals surface area contributed by atoms with Crippen LogP contribution in [0.15, 0.2) is 83.3 Å². The Kier molecular flexibility index (Phi) is 4.23. The summed E-state index contributed by atoms with van der Waals surface area (Å²) in [5.74, 6) is -0.427. The fourth-order valence-electron chi connectivity index (χ4n) is 3.71. The van der Waals surface area contributed by atoms with Crippen molar-refractivity contribution in [2.75, 3.05) is 0 Å². The standard InChI is InChI=1S/C23H13F3O4S/c24-23(25,26)31(27,28)30-20-13-12-14-6-1-2-7-15(14)21(20)18-10-5-9-17-16-8-3-4-11-19(16)29-22(17)18/h1-13H. The molecule has 4 nitrogen and oxygen atoms in total. The van der Waals surface area contributed by atoms with Gasteiger partial charge in [-0.05, 0) is 22.9 Å². The maximum atomic E-state index is 13.0. The van der Waals surface area contributed by atoms with Crippen molar-refractivity contribution in [3.63, 3.8) is 0 Å². The van der Waals surface area contributed by atoms with Crippen molar-refractivity contribution in [2.24, 2.45) is 0 Å². The smallest absolute Gasteiger partial charge is 0.455 e. The highest BCUT2D eigenvalue weighted by Crippen LogP contribution is 2.44. The largest absolute Gasteiger partial charge is 0.534 e. The van der Waals surface area contributed by atoms with E-state index < -0.39 is 21.4 Å². The van der Waals surface area contributed by atoms with Gasteiger partial charge in [-0.15, -0.1) is 0 Å². The van der Waals surface area contributed by atoms with Gasteiger partial charge in [0, 0.05) is 21.9 Å². The number of fused-ring (bicyclic) bond motifs is 4. The highest BCUT2D eigenvalue weighted by molar-refractivity contribution is 7.88. The summed E-state index contributed by atoms with van der Waals surface area (Å²) < 4.78 is 73.2. The molecule has 0 amide bonds. The molecule has 5 rings (SSSR count). The van der Waals surface area contributed by atoms with Gasteiger partial charge in [0.2, 0.25) is 0 Å². The maximum absolute atomic E-state index is 13.0. The minimum Gasteiger partial charge on any atom is -0.455 e. The molecule has 8 heteroatoms. The zero-order chi connectivity index (χ0) is 21.8. The number of para-hydroxylation sites is 2. The van der Waals surface area contributed by atoms with Crippen LogP contribution in [0.5, 0.6) is 5.75 Å². The lowest BCUT2D eigenvalue weighted by molar-refractivity contribution is -0.0499. The van der Waals surface area contributed by atoms with Gasteiger partial charge in [-0.2, -0.15) is 21.6 Å². The first-order valence-corrected chi connectivity index (χ1v) is 10.6. The highest BCUT2D eigenvalue weighted by atomic mass is 32.2. The second-order valence-corrected chi connectivity index (χ2v) is 8.46. The van der Waals surface area contributed by atoms with Crippen molar-refractivity contribution in [1.82, 2.24) is 0 Å². The number of hydrogen-bond donors (Lipinski definition) is 0. The summed E-state index contributed by atoms with van der Waals surface area (Å²) in [6.07, 6.45) is 0. The Labute approximate surface area is 174 Å². The van der Waals surface area contributed by atoms with Gasteiger partial charge in [-0.25, -0.2) is 0 Å². The van der Waals surface area contributed by atoms with E-state index in [4.69, 9.17) is 4.42 Å². The highest BCUT2D eigenvalue weighted by Gasteiger charge is 2.49. The molecule has 0 fully saturated rings. The first kappa shape index (κ1) is 19.4. The van der Waals surface area contributed by atoms with E-state index in [0.29, 0.717) is 27.5 Å². The Morgan fingerprint density at radius 2 is 1.42 bits per heavy atom. The molecule has 0 radical (unpaired) electrons. The molecule has 31 heavy (non-hydrogen) atoms. The Morgan fingerprint density at radius 1 is 0.742 bits per heavy atom. The Hall–Kier alpha value is -3.52. The van der Waals surface area contributed by atoms with E-state index in [-0.39, 0.29) is 5.56 Å². The second-order valence-electron chi connectivity index (χ2n) is 6.92. The van der Waals surface area contributed by atoms with Crippen molar-refractivity contribution in [3.8, 4) is 16.9 Å². The first-order chi connectivity index (χ1) is 14.8. The summed E-state index contributed by atoms with van der Waals surface area (Å²) in [4.78, 5) is 0. The average Bonchev–Trinajstić information content (AvgIpc) is 3.12. The van der Waals surface area contributed by atoms with Gasteiger partial charge < -0.3 is 8.60 Å². The molecular weight excluding hydrogens is 429 g/mol. The third-order valence-electron chi connectivity index (χ3n) is 5.05. The lowest BCUT2D eigenvalue weighted by Gasteiger charge is -2.15. The third kappa shape index (κ3) is 3.11. The van der Waals surface area contributed by atoms with Crippen molar-refractivity contribution in [3.05, 3.63) is 78.9 Å². The van der Waals surface area contributed by atoms with Crippen LogP contribution in [0.3, 0.4) is 0 Å². The average molecular weight is 442 g/mol. The van der Waals surface area contributed by atoms with Gasteiger partial charge in [0.25, 0.3) is 0 Å². The van der Waals surface area contributed by atoms with E-state index in [9.17, 15) is 21.6 Å². The molecule has 0 unspecified atom stereocenters. The molecule has 1 heterocycles. The van der Waals surface area contributed by atoms with Crippen LogP contribution in [0.2, 0.25) is 0 Å². The van der Waals surface area contributed by atoms with E-state index in [1.54, 1.807) is 42.5 Å². The number of furan rings is 1. The van der Waals surface area contributed by atoms with Crippen LogP contribution in [-0.4, -0.2) is 13.9 Å². The summed E-state index contributed by atoms with van der Waals surface area (Å²) in [5.41, 5.74) is -3.89. The summed E-state index contributed by atoms with van der Waals surface area (Å²) in [5, 5.41) is 2.84. The molecule has 1 aromatic heterocycles. The molecule has 0 saturated heterocycles. The van der Waals surface area contributed by atoms with Crippen LogP contribution in [0.1, 0.15) is 0 Å². The van der Waals surface area contributed by atoms with Crippen LogP contribution in [0.4, 0.5) is 13.2 Å². The molecule has 0 aliphatic heterocycles. The van der Waals surface area contributed by atoms with Gasteiger partial charge in [0.05, 0.1) is 0 Å². The van der Waals surface area contributed by atoms with Crippen LogP contribution >= 0.6 is 0 Å². The van der Waals surface area contributed by atoms with E-state index in [2.05, 4.69) is 4.18 Å². The van der Waals surface area contributed by atoms with E-state index in [1.807, 2.05) is 24.3 Å². The predicted octanol–water partition coefficient (Wildman–Crippen LogP) is 6.63. The molecular formula is C23H13F3O4S. The van der Waals surface area contributed by atoms with E-state index in [0.717, 1.165) is 10.8 Å². The number of halogens is 3. The van der Waals surface area contributed by atoms with Gasteiger partial charge in [0.1, 0.15) is 11.2 Å². The van der Waals surface area contributed by atoms with Crippen LogP contribution < -0.4 is 4.18 Å². The lowest BCUT2D eigenvalue weighted by atomic mass is 9.96. The summed E-state index contributed by atoms with van der Waals surface area (Å²) in [6, 6.07) is 22.3. The molecule has 156 valence electrons. The fourth-order valence-corrected chi connectivity index (χ4v) is 4.18. The topological polar surface area (TPSA) is 56.5 Å². The maximum Gasteiger partial charge on any atom is 0.534 e. The summed E-state index contributed by atoms with van der Waals surface area (Å²) in [7, 11) is -5.86. The number of hydrogen-bond acceptors (Lipinski definition) is 4. The fraction of sp³-hybridized carbons (Fsp3) is 0.0435. The quantitative estimate of drug-likeness (QED) is 0.232. The van der Waals surface area contributed by atoms with Gasteiger partial charge in [-0.1, -0.05) is 66.7 Å². The summed E-state index contributed by atoms with van der Waals surface area (Å²) >= 11 is 0. The van der Waals surface area contributed by atoms with Gasteiger partial charge in [0.15, 0.2) is 5.75 Å². The van der Waals surface area contributed by atoms with Crippen molar-refractivity contribution < 1.29 is 30.2 Å². The molecule has 5 aromatic rings. The predicted molar refractivity (Wildman–Crippen MR) is 112 cm³/mol. The van der Waals surface area contributed by atoms with Crippen LogP contribution in [-0.2, 0) is 10.1 Å². The van der Waals surface area contributed by atoms with Crippen LogP contribution in [0, 0.1) is 0 Å². The van der Waals surface area contributed by atoms with Crippen molar-refractivity contribution in [1.29, 1.82) is 0 Å². The molecule has 0 aliphatic rings. The molecule has 0 bridgehead atoms. The summed E-state index contributed by atoms with van der Waals surface area (Å²) in [6.45, 7) is 0. The normalized spacial score (nSPS) is 12.6. The zero-order valence-electron chi connectivity index (χ0n) is 15.7. The molecule has 0 atom stereocenters. The Bertz CT molecular complexity index is 1570. The Balaban J connectivity index is 1.86. The van der Waals surface area contributed by atoms with Crippen molar-refractivity contribution >= 4 is 42.8 Å². The Morgan fingerprint density at radius 3 is 2.19 bits per heavy atom. The molecule has 0 N–H and O–H groups in total. The third-order valence-corrected chi connectivity index (χ3v) is 6.01. The van der Waals surface area contributed by atoms with Gasteiger partial charge in [-0.3, -0.25) is 0 Å². The monoisotopic (exact) mass is 442 g/mol. The zero-order valence-corrected chi connectivity index (χ0v) is 16.5. The first-order valence-electron chi connectivity index (χ1n) is 9.19. The molecule has 0 saturated carbocycles. The number of benzene rings is 4. The van der Waals surface area contributed by atoms with Crippen LogP contribution in [0.25, 0.3) is 43.8 Å². The van der Waals surface area contributed by atoms with E-state index in [1.165, 1.54) is 12.1 Å². The lowest BCUT2D eigenvalue weighted by Crippen LogP contribution is -2.28. The second kappa shape index (κ2) is 6.75. The van der Waals surface area contributed by atoms with Gasteiger partial charge >= 0.3 is 15.6 Å². The minimum atomic E-state index is -5.86. The molecule has 0 spiro atoms. The number of rotatable bonds is 3. The van der Waals surface area contributed by atoms with Crippen molar-refractivity contribution in [2.45, 2.75) is 5.51 Å².